The molecule has 0 amide bonds. The molecule has 1 rings (SSSR count). The lowest BCUT2D eigenvalue weighted by Gasteiger charge is -1.96. The Morgan fingerprint density at radius 2 is 1.87 bits per heavy atom. The fourth-order valence-corrected chi connectivity index (χ4v) is 0.621. The zero-order chi connectivity index (χ0) is 12.3. The van der Waals surface area contributed by atoms with E-state index in [9.17, 15) is 4.79 Å². The number of hydrogen-bond donors (Lipinski definition) is 1. The van der Waals surface area contributed by atoms with Crippen molar-refractivity contribution in [1.29, 1.82) is 0 Å². The number of nitrogen functional groups attached to an aromatic ring is 1. The van der Waals surface area contributed by atoms with Gasteiger partial charge in [-0.1, -0.05) is 13.8 Å². The molecule has 0 saturated carbocycles. The van der Waals surface area contributed by atoms with Crippen molar-refractivity contribution in [3.63, 3.8) is 0 Å². The summed E-state index contributed by atoms with van der Waals surface area (Å²) < 4.78 is 4.25. The van der Waals surface area contributed by atoms with E-state index in [4.69, 9.17) is 5.73 Å². The molecule has 0 saturated heterocycles. The summed E-state index contributed by atoms with van der Waals surface area (Å²) in [7, 11) is 3.25. The Balaban J connectivity index is 0. The molecule has 4 heteroatoms. The number of ether oxygens (including phenoxy) is 1. The molecule has 0 aliphatic rings. The fraction of sp³-hybridized carbons (Fsp3) is 0.455. The number of carbonyl (C=O) groups excluding carboxylic acids is 1. The first-order chi connectivity index (χ1) is 7.15. The lowest BCUT2D eigenvalue weighted by Crippen LogP contribution is -1.94. The van der Waals surface area contributed by atoms with Gasteiger partial charge in [-0.05, 0) is 18.6 Å². The molecule has 2 N–H and O–H groups in total. The van der Waals surface area contributed by atoms with Crippen molar-refractivity contribution in [3.05, 3.63) is 23.5 Å². The number of rotatable bonds is 1. The van der Waals surface area contributed by atoms with E-state index in [-0.39, 0.29) is 0 Å². The van der Waals surface area contributed by atoms with Gasteiger partial charge in [-0.2, -0.15) is 0 Å². The predicted molar refractivity (Wildman–Crippen MR) is 63.1 cm³/mol. The Kier molecular flexibility index (Phi) is 11.4. The van der Waals surface area contributed by atoms with Crippen LogP contribution in [0.1, 0.15) is 29.9 Å². The second kappa shape index (κ2) is 10.7. The average molecular weight is 212 g/mol. The summed E-state index contributed by atoms with van der Waals surface area (Å²) in [6.07, 6.45) is 2.26. The molecule has 1 heterocycles. The third-order valence-electron chi connectivity index (χ3n) is 1.29. The van der Waals surface area contributed by atoms with Crippen molar-refractivity contribution in [1.82, 2.24) is 4.98 Å². The topological polar surface area (TPSA) is 65.2 Å². The Bertz CT molecular complexity index is 275. The number of pyridine rings is 1. The largest absolute Gasteiger partial charge is 0.398 e. The van der Waals surface area contributed by atoms with Crippen molar-refractivity contribution in [2.45, 2.75) is 20.8 Å². The summed E-state index contributed by atoms with van der Waals surface area (Å²) in [5.74, 6) is 0. The molecular formula is C11H20N2O2. The minimum atomic E-state index is 0.378. The van der Waals surface area contributed by atoms with Crippen molar-refractivity contribution in [2.24, 2.45) is 0 Å². The minimum absolute atomic E-state index is 0.378. The van der Waals surface area contributed by atoms with Gasteiger partial charge in [0.2, 0.25) is 0 Å². The summed E-state index contributed by atoms with van der Waals surface area (Å²) in [6.45, 7) is 5.84. The summed E-state index contributed by atoms with van der Waals surface area (Å²) >= 11 is 0. The lowest BCUT2D eigenvalue weighted by molar-refractivity contribution is 0.111. The highest BCUT2D eigenvalue weighted by Crippen LogP contribution is 2.07. The molecule has 86 valence electrons. The molecule has 4 nitrogen and oxygen atoms in total. The molecule has 1 aromatic heterocycles. The molecule has 0 radical (unpaired) electrons. The van der Waals surface area contributed by atoms with Gasteiger partial charge in [-0.15, -0.1) is 0 Å². The van der Waals surface area contributed by atoms with E-state index in [1.165, 1.54) is 0 Å². The van der Waals surface area contributed by atoms with Crippen LogP contribution in [0.4, 0.5) is 5.69 Å². The first kappa shape index (κ1) is 16.0. The number of hydrogen-bond acceptors (Lipinski definition) is 4. The van der Waals surface area contributed by atoms with E-state index in [0.29, 0.717) is 17.7 Å². The van der Waals surface area contributed by atoms with Crippen LogP contribution in [0, 0.1) is 6.92 Å². The van der Waals surface area contributed by atoms with Crippen LogP contribution >= 0.6 is 0 Å². The summed E-state index contributed by atoms with van der Waals surface area (Å²) in [4.78, 5) is 14.0. The second-order valence-corrected chi connectivity index (χ2v) is 2.49. The number of carbonyl (C=O) groups is 1. The fourth-order valence-electron chi connectivity index (χ4n) is 0.621. The third kappa shape index (κ3) is 7.64. The number of aldehydes is 1. The Hall–Kier alpha value is -1.42. The van der Waals surface area contributed by atoms with Gasteiger partial charge in [0.1, 0.15) is 5.69 Å². The zero-order valence-electron chi connectivity index (χ0n) is 10.1. The Morgan fingerprint density at radius 3 is 2.20 bits per heavy atom. The predicted octanol–water partition coefficient (Wildman–Crippen LogP) is 2.07. The molecule has 0 aliphatic heterocycles. The number of methoxy groups -OCH3 is 1. The maximum absolute atomic E-state index is 10.2. The molecule has 0 spiro atoms. The SMILES string of the molecule is CC.COC.Cc1cnc(C=O)cc1N. The molecule has 0 atom stereocenters. The first-order valence-electron chi connectivity index (χ1n) is 4.73. The van der Waals surface area contributed by atoms with Gasteiger partial charge < -0.3 is 10.5 Å². The van der Waals surface area contributed by atoms with Crippen LogP contribution in [0.3, 0.4) is 0 Å². The van der Waals surface area contributed by atoms with Crippen molar-refractivity contribution in [3.8, 4) is 0 Å². The highest BCUT2D eigenvalue weighted by molar-refractivity contribution is 5.73. The van der Waals surface area contributed by atoms with E-state index >= 15 is 0 Å². The van der Waals surface area contributed by atoms with E-state index in [1.807, 2.05) is 20.8 Å². The van der Waals surface area contributed by atoms with Crippen molar-refractivity contribution in [2.75, 3.05) is 20.0 Å². The number of aromatic nitrogens is 1. The Morgan fingerprint density at radius 1 is 1.40 bits per heavy atom. The summed E-state index contributed by atoms with van der Waals surface area (Å²) in [5.41, 5.74) is 7.38. The van der Waals surface area contributed by atoms with Gasteiger partial charge in [0.15, 0.2) is 6.29 Å². The first-order valence-corrected chi connectivity index (χ1v) is 4.73. The normalized spacial score (nSPS) is 7.80. The smallest absolute Gasteiger partial charge is 0.168 e. The molecule has 0 aromatic carbocycles. The van der Waals surface area contributed by atoms with Crippen LogP contribution < -0.4 is 5.73 Å². The minimum Gasteiger partial charge on any atom is -0.398 e. The number of aryl methyl sites for hydroxylation is 1. The van der Waals surface area contributed by atoms with Crippen LogP contribution in [0.5, 0.6) is 0 Å². The van der Waals surface area contributed by atoms with Crippen LogP contribution in [0.15, 0.2) is 12.3 Å². The average Bonchev–Trinajstić information content (AvgIpc) is 2.26. The summed E-state index contributed by atoms with van der Waals surface area (Å²) in [5, 5.41) is 0. The highest BCUT2D eigenvalue weighted by Gasteiger charge is 1.94. The maximum atomic E-state index is 10.2. The number of nitrogens with zero attached hydrogens (tertiary/aromatic N) is 1. The van der Waals surface area contributed by atoms with E-state index in [1.54, 1.807) is 26.5 Å². The van der Waals surface area contributed by atoms with Crippen LogP contribution in [-0.4, -0.2) is 25.5 Å². The van der Waals surface area contributed by atoms with Gasteiger partial charge in [0.25, 0.3) is 0 Å². The van der Waals surface area contributed by atoms with Gasteiger partial charge in [-0.3, -0.25) is 9.78 Å². The number of anilines is 1. The molecule has 15 heavy (non-hydrogen) atoms. The van der Waals surface area contributed by atoms with E-state index in [0.717, 1.165) is 5.56 Å². The lowest BCUT2D eigenvalue weighted by atomic mass is 10.2. The van der Waals surface area contributed by atoms with Crippen molar-refractivity contribution >= 4 is 12.0 Å². The van der Waals surface area contributed by atoms with Crippen LogP contribution in [-0.2, 0) is 4.74 Å². The molecule has 1 aromatic rings. The van der Waals surface area contributed by atoms with Gasteiger partial charge in [0, 0.05) is 26.1 Å². The van der Waals surface area contributed by atoms with E-state index in [2.05, 4.69) is 9.72 Å². The molecule has 0 aliphatic carbocycles. The van der Waals surface area contributed by atoms with Gasteiger partial charge in [0.05, 0.1) is 0 Å². The number of nitrogens with two attached hydrogens (primary N) is 1. The van der Waals surface area contributed by atoms with Gasteiger partial charge in [-0.25, -0.2) is 0 Å². The van der Waals surface area contributed by atoms with Crippen molar-refractivity contribution < 1.29 is 9.53 Å². The maximum Gasteiger partial charge on any atom is 0.168 e. The quantitative estimate of drug-likeness (QED) is 0.724. The summed E-state index contributed by atoms with van der Waals surface area (Å²) in [6, 6.07) is 1.56. The monoisotopic (exact) mass is 212 g/mol. The van der Waals surface area contributed by atoms with Gasteiger partial charge >= 0.3 is 0 Å². The molecule has 0 bridgehead atoms. The second-order valence-electron chi connectivity index (χ2n) is 2.49. The third-order valence-corrected chi connectivity index (χ3v) is 1.29. The van der Waals surface area contributed by atoms with Crippen LogP contribution in [0.2, 0.25) is 0 Å². The highest BCUT2D eigenvalue weighted by atomic mass is 16.4. The van der Waals surface area contributed by atoms with E-state index < -0.39 is 0 Å². The Labute approximate surface area is 91.5 Å². The zero-order valence-corrected chi connectivity index (χ0v) is 10.1. The van der Waals surface area contributed by atoms with Crippen LogP contribution in [0.25, 0.3) is 0 Å². The standard InChI is InChI=1S/C7H8N2O.C2H6O.C2H6/c1-5-3-9-6(4-10)2-7(5)8;1-3-2;1-2/h2-4H,1H3,(H2,8,9);1-2H3;1-2H3. The molecule has 0 fully saturated rings. The molecule has 0 unspecified atom stereocenters. The molecular weight excluding hydrogens is 192 g/mol.